The Morgan fingerprint density at radius 2 is 1.77 bits per heavy atom. The van der Waals surface area contributed by atoms with Crippen LogP contribution in [-0.4, -0.2) is 63.1 Å². The van der Waals surface area contributed by atoms with Gasteiger partial charge >= 0.3 is 0 Å². The first-order valence-electron chi connectivity index (χ1n) is 16.3. The molecule has 4 aromatic heterocycles. The van der Waals surface area contributed by atoms with Gasteiger partial charge < -0.3 is 20.5 Å². The Bertz CT molecular complexity index is 2040. The molecule has 0 aliphatic heterocycles. The minimum absolute atomic E-state index is 0.0368. The minimum Gasteiger partial charge on any atom is -0.384 e. The number of pyridine rings is 2. The normalized spacial score (nSPS) is 13.9. The Labute approximate surface area is 273 Å². The highest BCUT2D eigenvalue weighted by molar-refractivity contribution is 6.01. The van der Waals surface area contributed by atoms with Crippen molar-refractivity contribution in [1.29, 1.82) is 0 Å². The fourth-order valence-corrected chi connectivity index (χ4v) is 6.61. The van der Waals surface area contributed by atoms with Crippen LogP contribution in [0.2, 0.25) is 0 Å². The number of rotatable bonds is 10. The number of H-pyrrole nitrogens is 2. The molecule has 1 aliphatic carbocycles. The van der Waals surface area contributed by atoms with E-state index in [1.54, 1.807) is 24.7 Å². The lowest BCUT2D eigenvalue weighted by Gasteiger charge is -2.20. The van der Waals surface area contributed by atoms with Crippen LogP contribution < -0.4 is 10.6 Å². The van der Waals surface area contributed by atoms with Crippen molar-refractivity contribution in [1.82, 2.24) is 30.0 Å². The van der Waals surface area contributed by atoms with Gasteiger partial charge in [-0.05, 0) is 86.4 Å². The van der Waals surface area contributed by atoms with Crippen molar-refractivity contribution < 1.29 is 9.18 Å². The number of aromatic amines is 2. The summed E-state index contributed by atoms with van der Waals surface area (Å²) in [6.45, 7) is 1.56. The van der Waals surface area contributed by atoms with Gasteiger partial charge in [-0.1, -0.05) is 31.4 Å². The van der Waals surface area contributed by atoms with Crippen molar-refractivity contribution in [3.05, 3.63) is 79.0 Å². The molecule has 1 saturated carbocycles. The lowest BCUT2D eigenvalue weighted by molar-refractivity contribution is -0.117. The third-order valence-electron chi connectivity index (χ3n) is 8.99. The Kier molecular flexibility index (Phi) is 8.67. The van der Waals surface area contributed by atoms with E-state index in [9.17, 15) is 9.18 Å². The zero-order valence-electron chi connectivity index (χ0n) is 26.7. The summed E-state index contributed by atoms with van der Waals surface area (Å²) < 4.78 is 14.8. The molecule has 4 heterocycles. The van der Waals surface area contributed by atoms with Gasteiger partial charge in [-0.15, -0.1) is 0 Å². The number of amides is 1. The Hall–Kier alpha value is -5.09. The maximum absolute atomic E-state index is 14.8. The molecule has 6 aromatic rings. The van der Waals surface area contributed by atoms with Gasteiger partial charge in [0.15, 0.2) is 5.65 Å². The monoisotopic (exact) mass is 630 g/mol. The highest BCUT2D eigenvalue weighted by atomic mass is 19.1. The molecule has 4 N–H and O–H groups in total. The molecular weight excluding hydrogens is 591 g/mol. The average molecular weight is 631 g/mol. The number of benzene rings is 2. The third-order valence-corrected chi connectivity index (χ3v) is 8.99. The summed E-state index contributed by atoms with van der Waals surface area (Å²) in [7, 11) is 4.02. The molecule has 0 saturated heterocycles. The number of nitrogens with one attached hydrogen (secondary N) is 4. The van der Waals surface area contributed by atoms with Crippen LogP contribution >= 0.6 is 0 Å². The molecule has 2 aromatic carbocycles. The second kappa shape index (κ2) is 13.3. The molecule has 0 unspecified atom stereocenters. The van der Waals surface area contributed by atoms with Gasteiger partial charge in [0.05, 0.1) is 23.3 Å². The predicted octanol–water partition coefficient (Wildman–Crippen LogP) is 7.86. The lowest BCUT2D eigenvalue weighted by atomic mass is 9.87. The molecule has 0 atom stereocenters. The maximum atomic E-state index is 14.8. The first-order chi connectivity index (χ1) is 22.9. The van der Waals surface area contributed by atoms with E-state index in [0.29, 0.717) is 30.2 Å². The van der Waals surface area contributed by atoms with Crippen LogP contribution in [0.3, 0.4) is 0 Å². The number of carbonyl (C=O) groups excluding carboxylic acids is 1. The van der Waals surface area contributed by atoms with Crippen LogP contribution in [0.15, 0.2) is 73.2 Å². The van der Waals surface area contributed by atoms with Crippen LogP contribution in [0.5, 0.6) is 0 Å². The zero-order chi connectivity index (χ0) is 32.3. The minimum atomic E-state index is -0.289. The summed E-state index contributed by atoms with van der Waals surface area (Å²) in [5, 5.41) is 15.8. The molecule has 7 rings (SSSR count). The second-order valence-electron chi connectivity index (χ2n) is 12.8. The average Bonchev–Trinajstić information content (AvgIpc) is 3.69. The zero-order valence-corrected chi connectivity index (χ0v) is 26.7. The Morgan fingerprint density at radius 1 is 0.936 bits per heavy atom. The molecule has 1 amide bonds. The number of fused-ring (bicyclic) bond motifs is 2. The van der Waals surface area contributed by atoms with E-state index in [0.717, 1.165) is 75.0 Å². The van der Waals surface area contributed by atoms with E-state index in [2.05, 4.69) is 46.7 Å². The summed E-state index contributed by atoms with van der Waals surface area (Å²) in [6, 6.07) is 17.1. The molecule has 10 heteroatoms. The Morgan fingerprint density at radius 3 is 2.62 bits per heavy atom. The van der Waals surface area contributed by atoms with Gasteiger partial charge in [-0.2, -0.15) is 5.10 Å². The van der Waals surface area contributed by atoms with E-state index in [1.807, 2.05) is 50.5 Å². The largest absolute Gasteiger partial charge is 0.384 e. The topological polar surface area (TPSA) is 115 Å². The second-order valence-corrected chi connectivity index (χ2v) is 12.8. The van der Waals surface area contributed by atoms with Crippen molar-refractivity contribution in [2.75, 3.05) is 37.8 Å². The third kappa shape index (κ3) is 6.88. The number of aromatic nitrogens is 5. The van der Waals surface area contributed by atoms with E-state index >= 15 is 0 Å². The van der Waals surface area contributed by atoms with Gasteiger partial charge in [-0.3, -0.25) is 14.9 Å². The van der Waals surface area contributed by atoms with Crippen molar-refractivity contribution in [3.63, 3.8) is 0 Å². The van der Waals surface area contributed by atoms with Gasteiger partial charge in [0, 0.05) is 65.0 Å². The van der Waals surface area contributed by atoms with Crippen LogP contribution in [0.4, 0.5) is 15.8 Å². The molecular formula is C37H39FN8O. The number of nitrogens with zero attached hydrogens (tertiary/aromatic N) is 4. The first kappa shape index (κ1) is 30.6. The van der Waals surface area contributed by atoms with E-state index < -0.39 is 0 Å². The number of anilines is 2. The number of hydrogen-bond donors (Lipinski definition) is 4. The van der Waals surface area contributed by atoms with Gasteiger partial charge in [0.25, 0.3) is 0 Å². The van der Waals surface area contributed by atoms with E-state index in [4.69, 9.17) is 0 Å². The van der Waals surface area contributed by atoms with Crippen molar-refractivity contribution in [2.24, 2.45) is 5.92 Å². The fraction of sp³-hybridized carbons (Fsp3) is 0.297. The quantitative estimate of drug-likeness (QED) is 0.123. The number of likely N-dealkylation sites (N-methyl/N-ethyl adjacent to an activating group) is 1. The van der Waals surface area contributed by atoms with Crippen LogP contribution in [0, 0.1) is 11.7 Å². The highest BCUT2D eigenvalue weighted by Crippen LogP contribution is 2.36. The van der Waals surface area contributed by atoms with Gasteiger partial charge in [-0.25, -0.2) is 9.37 Å². The standard InChI is InChI=1S/C37H39FN8O/c1-46(2)12-11-40-28-15-24(14-27(38)18-28)30-9-6-10-33-31(30)19-34(43-33)36-32-17-26(21-41-37(32)45-44-36)25-16-29(22-39-20-25)42-35(47)13-23-7-4-3-5-8-23/h6,9-10,14-23,40,43H,3-5,7-8,11-13H2,1-2H3,(H,42,47)(H,41,44,45). The van der Waals surface area contributed by atoms with Crippen LogP contribution in [0.1, 0.15) is 38.5 Å². The van der Waals surface area contributed by atoms with Crippen molar-refractivity contribution >= 4 is 39.2 Å². The lowest BCUT2D eigenvalue weighted by Crippen LogP contribution is -2.20. The molecule has 0 spiro atoms. The van der Waals surface area contributed by atoms with Crippen LogP contribution in [0.25, 0.3) is 55.6 Å². The number of halogens is 1. The SMILES string of the molecule is CN(C)CCNc1cc(F)cc(-c2cccc3[nH]c(-c4[nH]nc5ncc(-c6cncc(NC(=O)CC7CCCCC7)c6)cc45)cc23)c1. The summed E-state index contributed by atoms with van der Waals surface area (Å²) >= 11 is 0. The first-order valence-corrected chi connectivity index (χ1v) is 16.3. The molecule has 0 bridgehead atoms. The van der Waals surface area contributed by atoms with Crippen LogP contribution in [-0.2, 0) is 4.79 Å². The predicted molar refractivity (Wildman–Crippen MR) is 187 cm³/mol. The van der Waals surface area contributed by atoms with E-state index in [1.165, 1.54) is 25.3 Å². The maximum Gasteiger partial charge on any atom is 0.224 e. The molecule has 0 radical (unpaired) electrons. The highest BCUT2D eigenvalue weighted by Gasteiger charge is 2.18. The number of carbonyl (C=O) groups is 1. The molecule has 1 aliphatic rings. The molecule has 9 nitrogen and oxygen atoms in total. The van der Waals surface area contributed by atoms with Gasteiger partial charge in [0.2, 0.25) is 5.91 Å². The molecule has 47 heavy (non-hydrogen) atoms. The fourth-order valence-electron chi connectivity index (χ4n) is 6.61. The van der Waals surface area contributed by atoms with E-state index in [-0.39, 0.29) is 11.7 Å². The summed E-state index contributed by atoms with van der Waals surface area (Å²) in [5.74, 6) is 0.214. The smallest absolute Gasteiger partial charge is 0.224 e. The Balaban J connectivity index is 1.16. The van der Waals surface area contributed by atoms with Crippen molar-refractivity contribution in [3.8, 4) is 33.6 Å². The molecule has 1 fully saturated rings. The van der Waals surface area contributed by atoms with Gasteiger partial charge in [0.1, 0.15) is 5.82 Å². The summed E-state index contributed by atoms with van der Waals surface area (Å²) in [5.41, 5.74) is 8.01. The summed E-state index contributed by atoms with van der Waals surface area (Å²) in [6.07, 6.45) is 11.7. The summed E-state index contributed by atoms with van der Waals surface area (Å²) in [4.78, 5) is 27.4. The van der Waals surface area contributed by atoms with Crippen molar-refractivity contribution in [2.45, 2.75) is 38.5 Å². The number of hydrogen-bond acceptors (Lipinski definition) is 6. The molecule has 240 valence electrons.